The average molecular weight is 555 g/mol. The molecule has 1 fully saturated rings. The van der Waals surface area contributed by atoms with Gasteiger partial charge in [0.05, 0.1) is 24.9 Å². The van der Waals surface area contributed by atoms with Gasteiger partial charge in [0.15, 0.2) is 0 Å². The van der Waals surface area contributed by atoms with Crippen LogP contribution in [0, 0.1) is 5.82 Å². The van der Waals surface area contributed by atoms with Gasteiger partial charge in [0.1, 0.15) is 18.0 Å². The molecule has 6 N–H and O–H groups in total. The summed E-state index contributed by atoms with van der Waals surface area (Å²) in [5.74, 6) is -5.83. The number of nitrogens with one attached hydrogen (secondary N) is 2. The van der Waals surface area contributed by atoms with Gasteiger partial charge in [-0.2, -0.15) is 0 Å². The minimum absolute atomic E-state index is 0.232. The Morgan fingerprint density at radius 1 is 1.16 bits per heavy atom. The Labute approximate surface area is 222 Å². The van der Waals surface area contributed by atoms with E-state index >= 15 is 0 Å². The van der Waals surface area contributed by atoms with Crippen molar-refractivity contribution in [2.75, 3.05) is 6.54 Å². The van der Waals surface area contributed by atoms with Crippen LogP contribution in [0.1, 0.15) is 29.3 Å². The van der Waals surface area contributed by atoms with Crippen LogP contribution in [0.3, 0.4) is 0 Å². The molecule has 0 aliphatic carbocycles. The number of carboxylic acids is 1. The van der Waals surface area contributed by atoms with E-state index in [1.165, 1.54) is 36.4 Å². The fourth-order valence-corrected chi connectivity index (χ4v) is 4.10. The molecule has 2 aromatic carbocycles. The number of aliphatic hydroxyl groups is 3. The third-order valence-corrected chi connectivity index (χ3v) is 6.21. The molecule has 0 saturated carbocycles. The number of carboxylic acid groups (broad SMARTS) is 1. The van der Waals surface area contributed by atoms with Crippen LogP contribution in [0.15, 0.2) is 48.5 Å². The van der Waals surface area contributed by atoms with Gasteiger partial charge >= 0.3 is 5.97 Å². The predicted octanol–water partition coefficient (Wildman–Crippen LogP) is 0.583. The summed E-state index contributed by atoms with van der Waals surface area (Å²) in [4.78, 5) is 36.4. The second-order valence-corrected chi connectivity index (χ2v) is 9.26. The maximum Gasteiger partial charge on any atom is 0.364 e. The van der Waals surface area contributed by atoms with E-state index in [9.17, 15) is 39.2 Å². The number of ether oxygens (including phenoxy) is 2. The number of benzene rings is 2. The summed E-state index contributed by atoms with van der Waals surface area (Å²) in [6.45, 7) is 0.303. The van der Waals surface area contributed by atoms with Crippen molar-refractivity contribution in [3.63, 3.8) is 0 Å². The largest absolute Gasteiger partial charge is 0.477 e. The van der Waals surface area contributed by atoms with Crippen molar-refractivity contribution in [3.05, 3.63) is 70.5 Å². The van der Waals surface area contributed by atoms with E-state index in [0.29, 0.717) is 10.6 Å². The van der Waals surface area contributed by atoms with Crippen molar-refractivity contribution in [3.8, 4) is 0 Å². The highest BCUT2D eigenvalue weighted by Gasteiger charge is 2.55. The van der Waals surface area contributed by atoms with E-state index in [0.717, 1.165) is 19.1 Å². The topological polar surface area (TPSA) is 175 Å². The number of carbonyl (C=O) groups excluding carboxylic acids is 2. The number of aliphatic carboxylic acids is 1. The number of amides is 2. The molecular formula is C25H28ClFN2O9. The van der Waals surface area contributed by atoms with Crippen LogP contribution in [0.25, 0.3) is 0 Å². The third-order valence-electron chi connectivity index (χ3n) is 5.96. The maximum absolute atomic E-state index is 13.2. The molecular weight excluding hydrogens is 527 g/mol. The molecule has 38 heavy (non-hydrogen) atoms. The minimum Gasteiger partial charge on any atom is -0.477 e. The normalized spacial score (nSPS) is 24.7. The van der Waals surface area contributed by atoms with Crippen LogP contribution in [0.5, 0.6) is 0 Å². The van der Waals surface area contributed by atoms with Gasteiger partial charge in [-0.3, -0.25) is 9.59 Å². The number of halogens is 2. The van der Waals surface area contributed by atoms with Crippen molar-refractivity contribution in [1.29, 1.82) is 0 Å². The van der Waals surface area contributed by atoms with E-state index in [4.69, 9.17) is 21.1 Å². The molecule has 206 valence electrons. The summed E-state index contributed by atoms with van der Waals surface area (Å²) < 4.78 is 24.4. The van der Waals surface area contributed by atoms with Crippen molar-refractivity contribution < 1.29 is 48.7 Å². The fraction of sp³-hybridized carbons (Fsp3) is 0.400. The molecule has 2 amide bonds. The molecule has 3 rings (SSSR count). The van der Waals surface area contributed by atoms with Gasteiger partial charge in [-0.15, -0.1) is 0 Å². The molecule has 1 aliphatic rings. The van der Waals surface area contributed by atoms with Crippen LogP contribution in [-0.4, -0.2) is 81.0 Å². The van der Waals surface area contributed by atoms with E-state index in [1.54, 1.807) is 0 Å². The first kappa shape index (κ1) is 29.4. The molecule has 0 spiro atoms. The zero-order valence-electron chi connectivity index (χ0n) is 20.2. The van der Waals surface area contributed by atoms with E-state index in [1.807, 2.05) is 0 Å². The van der Waals surface area contributed by atoms with Gasteiger partial charge in [0.25, 0.3) is 11.7 Å². The smallest absolute Gasteiger partial charge is 0.364 e. The van der Waals surface area contributed by atoms with Crippen molar-refractivity contribution >= 4 is 29.4 Å². The second-order valence-electron chi connectivity index (χ2n) is 8.83. The Hall–Kier alpha value is -3.13. The lowest BCUT2D eigenvalue weighted by Crippen LogP contribution is -2.68. The quantitative estimate of drug-likeness (QED) is 0.245. The fourth-order valence-electron chi connectivity index (χ4n) is 3.97. The maximum atomic E-state index is 13.2. The van der Waals surface area contributed by atoms with Crippen LogP contribution in [0.2, 0.25) is 5.02 Å². The van der Waals surface area contributed by atoms with Crippen LogP contribution >= 0.6 is 11.6 Å². The lowest BCUT2D eigenvalue weighted by Gasteiger charge is -2.46. The monoisotopic (exact) mass is 554 g/mol. The molecule has 2 aromatic rings. The first-order valence-electron chi connectivity index (χ1n) is 11.6. The Morgan fingerprint density at radius 2 is 1.79 bits per heavy atom. The summed E-state index contributed by atoms with van der Waals surface area (Å²) in [6.07, 6.45) is -7.48. The average Bonchev–Trinajstić information content (AvgIpc) is 2.87. The zero-order chi connectivity index (χ0) is 28.0. The second kappa shape index (κ2) is 12.6. The van der Waals surface area contributed by atoms with Gasteiger partial charge < -0.3 is 40.5 Å². The Bertz CT molecular complexity index is 1130. The predicted molar refractivity (Wildman–Crippen MR) is 130 cm³/mol. The van der Waals surface area contributed by atoms with E-state index < -0.39 is 72.8 Å². The lowest BCUT2D eigenvalue weighted by atomic mass is 9.88. The highest BCUT2D eigenvalue weighted by Crippen LogP contribution is 2.34. The van der Waals surface area contributed by atoms with Crippen LogP contribution in [0.4, 0.5) is 4.39 Å². The molecule has 0 aromatic heterocycles. The van der Waals surface area contributed by atoms with Gasteiger partial charge in [-0.25, -0.2) is 9.18 Å². The number of rotatable bonds is 10. The molecule has 1 aliphatic heterocycles. The molecule has 13 heteroatoms. The highest BCUT2D eigenvalue weighted by atomic mass is 35.5. The van der Waals surface area contributed by atoms with Crippen LogP contribution in [-0.2, 0) is 25.7 Å². The zero-order valence-corrected chi connectivity index (χ0v) is 21.0. The number of hydrogen-bond donors (Lipinski definition) is 6. The van der Waals surface area contributed by atoms with Crippen molar-refractivity contribution in [2.45, 2.75) is 56.2 Å². The Kier molecular flexibility index (Phi) is 9.77. The minimum atomic E-state index is -2.49. The third kappa shape index (κ3) is 7.25. The molecule has 0 bridgehead atoms. The molecule has 11 nitrogen and oxygen atoms in total. The number of hydrogen-bond acceptors (Lipinski definition) is 8. The van der Waals surface area contributed by atoms with Gasteiger partial charge in [0, 0.05) is 30.5 Å². The molecule has 6 atom stereocenters. The highest BCUT2D eigenvalue weighted by molar-refractivity contribution is 6.30. The first-order valence-corrected chi connectivity index (χ1v) is 11.9. The SMILES string of the molecule is CC(=O)N[C@H]1[C@H]([C@H](O)[C@H](O)CNC(=O)c2ccc(Cl)cc2)O[C@@](OCc2ccc(F)cc2)(C(=O)O)C[C@@H]1O. The van der Waals surface area contributed by atoms with Gasteiger partial charge in [-0.1, -0.05) is 23.7 Å². The van der Waals surface area contributed by atoms with Crippen molar-refractivity contribution in [1.82, 2.24) is 10.6 Å². The summed E-state index contributed by atoms with van der Waals surface area (Å²) in [6, 6.07) is 9.59. The molecule has 0 radical (unpaired) electrons. The van der Waals surface area contributed by atoms with E-state index in [-0.39, 0.29) is 12.2 Å². The molecule has 1 heterocycles. The lowest BCUT2D eigenvalue weighted by molar-refractivity contribution is -0.314. The Morgan fingerprint density at radius 3 is 2.37 bits per heavy atom. The molecule has 0 unspecified atom stereocenters. The molecule has 1 saturated heterocycles. The van der Waals surface area contributed by atoms with Gasteiger partial charge in [-0.05, 0) is 42.0 Å². The number of carbonyl (C=O) groups is 3. The van der Waals surface area contributed by atoms with E-state index in [2.05, 4.69) is 10.6 Å². The standard InChI is InChI=1S/C25H28ClFN2O9/c1-13(30)29-20-18(31)10-25(24(35)36,37-12-14-2-8-17(27)9-3-14)38-22(20)21(33)19(32)11-28-23(34)15-4-6-16(26)7-5-15/h2-9,18-22,31-33H,10-12H2,1H3,(H,28,34)(H,29,30)(H,35,36)/t18-,19+,20+,21+,22+,25+/m0/s1. The summed E-state index contributed by atoms with van der Waals surface area (Å²) in [7, 11) is 0. The van der Waals surface area contributed by atoms with Gasteiger partial charge in [0.2, 0.25) is 5.91 Å². The summed E-state index contributed by atoms with van der Waals surface area (Å²) in [5.41, 5.74) is 0.631. The van der Waals surface area contributed by atoms with Crippen LogP contribution < -0.4 is 10.6 Å². The number of aliphatic hydroxyl groups excluding tert-OH is 3. The summed E-state index contributed by atoms with van der Waals surface area (Å²) in [5, 5.41) is 47.4. The summed E-state index contributed by atoms with van der Waals surface area (Å²) >= 11 is 5.81. The first-order chi connectivity index (χ1) is 17.9. The Balaban J connectivity index is 1.78. The van der Waals surface area contributed by atoms with Crippen molar-refractivity contribution in [2.24, 2.45) is 0 Å².